The van der Waals surface area contributed by atoms with Crippen LogP contribution < -0.4 is 15.5 Å². The maximum absolute atomic E-state index is 13.6. The Bertz CT molecular complexity index is 822. The van der Waals surface area contributed by atoms with Gasteiger partial charge in [0.2, 0.25) is 0 Å². The number of hydrogen-bond donors (Lipinski definition) is 2. The molecule has 0 aromatic heterocycles. The van der Waals surface area contributed by atoms with Crippen LogP contribution in [0.1, 0.15) is 42.5 Å². The normalized spacial score (nSPS) is 18.0. The number of nitrogens with zero attached hydrogens (tertiary/aromatic N) is 1. The zero-order chi connectivity index (χ0) is 20.3. The Kier molecular flexibility index (Phi) is 5.48. The summed E-state index contributed by atoms with van der Waals surface area (Å²) in [6.45, 7) is -0.740. The highest BCUT2D eigenvalue weighted by molar-refractivity contribution is 6.08. The van der Waals surface area contributed by atoms with E-state index in [1.54, 1.807) is 0 Å². The molecule has 0 radical (unpaired) electrons. The molecule has 10 heteroatoms. The topological polar surface area (TPSA) is 114 Å². The van der Waals surface area contributed by atoms with Crippen molar-refractivity contribution in [1.82, 2.24) is 15.8 Å². The number of benzene rings is 1. The third kappa shape index (κ3) is 3.75. The fourth-order valence-electron chi connectivity index (χ4n) is 3.38. The Morgan fingerprint density at radius 1 is 1.25 bits per heavy atom. The number of urea groups is 1. The Morgan fingerprint density at radius 3 is 2.61 bits per heavy atom. The summed E-state index contributed by atoms with van der Waals surface area (Å²) in [7, 11) is 1.29. The number of imide groups is 1. The molecular weight excluding hydrogens is 373 g/mol. The summed E-state index contributed by atoms with van der Waals surface area (Å²) >= 11 is 0. The number of carbonyl (C=O) groups is 4. The van der Waals surface area contributed by atoms with E-state index < -0.39 is 41.8 Å². The highest BCUT2D eigenvalue weighted by atomic mass is 19.1. The molecule has 4 amide bonds. The molecule has 1 saturated heterocycles. The molecular formula is C18H20FN3O6. The second-order valence-corrected chi connectivity index (χ2v) is 6.67. The van der Waals surface area contributed by atoms with E-state index in [-0.39, 0.29) is 11.3 Å². The predicted molar refractivity (Wildman–Crippen MR) is 92.6 cm³/mol. The summed E-state index contributed by atoms with van der Waals surface area (Å²) in [5.41, 5.74) is 1.07. The van der Waals surface area contributed by atoms with Gasteiger partial charge >= 0.3 is 12.0 Å². The molecule has 0 bridgehead atoms. The van der Waals surface area contributed by atoms with Gasteiger partial charge in [-0.05, 0) is 31.0 Å². The van der Waals surface area contributed by atoms with Crippen molar-refractivity contribution in [3.63, 3.8) is 0 Å². The van der Waals surface area contributed by atoms with Crippen molar-refractivity contribution < 1.29 is 33.0 Å². The number of rotatable bonds is 5. The maximum atomic E-state index is 13.6. The lowest BCUT2D eigenvalue weighted by molar-refractivity contribution is -0.140. The van der Waals surface area contributed by atoms with Crippen molar-refractivity contribution in [1.29, 1.82) is 0 Å². The van der Waals surface area contributed by atoms with Crippen LogP contribution in [0.15, 0.2) is 18.2 Å². The van der Waals surface area contributed by atoms with E-state index in [1.165, 1.54) is 19.2 Å². The fraction of sp³-hybridized carbons (Fsp3) is 0.444. The summed E-state index contributed by atoms with van der Waals surface area (Å²) in [6.07, 6.45) is 3.64. The Morgan fingerprint density at radius 2 is 1.96 bits per heavy atom. The van der Waals surface area contributed by atoms with Gasteiger partial charge in [-0.3, -0.25) is 15.0 Å². The molecule has 2 N–H and O–H groups in total. The molecule has 1 saturated carbocycles. The Hall–Kier alpha value is -3.17. The van der Waals surface area contributed by atoms with Gasteiger partial charge in [-0.25, -0.2) is 14.0 Å². The van der Waals surface area contributed by atoms with Gasteiger partial charge < -0.3 is 14.8 Å². The lowest BCUT2D eigenvalue weighted by Crippen LogP contribution is -2.51. The summed E-state index contributed by atoms with van der Waals surface area (Å²) in [6, 6.07) is 2.74. The average molecular weight is 393 g/mol. The van der Waals surface area contributed by atoms with Crippen LogP contribution in [0.3, 0.4) is 0 Å². The maximum Gasteiger partial charge on any atom is 0.344 e. The highest BCUT2D eigenvalue weighted by Crippen LogP contribution is 2.32. The third-order valence-corrected chi connectivity index (χ3v) is 4.83. The zero-order valence-electron chi connectivity index (χ0n) is 15.2. The first-order valence-electron chi connectivity index (χ1n) is 8.83. The van der Waals surface area contributed by atoms with E-state index in [9.17, 15) is 23.6 Å². The molecule has 150 valence electrons. The van der Waals surface area contributed by atoms with E-state index >= 15 is 0 Å². The molecule has 1 aliphatic heterocycles. The van der Waals surface area contributed by atoms with Gasteiger partial charge in [0.1, 0.15) is 5.54 Å². The molecule has 2 aliphatic rings. The second kappa shape index (κ2) is 7.83. The standard InChI is InChI=1S/C18H20FN3O6/c1-27-13-6-5-11(9-12(13)19)15(24)28-10-14(23)21-22-16(25)18(20-17(22)26)7-3-2-4-8-18/h5-6,9H,2-4,7-8,10H2,1H3,(H,20,26)(H,21,23). The summed E-state index contributed by atoms with van der Waals surface area (Å²) in [4.78, 5) is 48.6. The van der Waals surface area contributed by atoms with Gasteiger partial charge in [0, 0.05) is 0 Å². The van der Waals surface area contributed by atoms with Gasteiger partial charge in [0.05, 0.1) is 12.7 Å². The molecule has 3 rings (SSSR count). The fourth-order valence-corrected chi connectivity index (χ4v) is 3.38. The van der Waals surface area contributed by atoms with E-state index in [0.717, 1.165) is 25.3 Å². The van der Waals surface area contributed by atoms with Crippen molar-refractivity contribution in [2.45, 2.75) is 37.6 Å². The van der Waals surface area contributed by atoms with E-state index in [4.69, 9.17) is 9.47 Å². The molecule has 2 fully saturated rings. The van der Waals surface area contributed by atoms with E-state index in [2.05, 4.69) is 10.7 Å². The van der Waals surface area contributed by atoms with Gasteiger partial charge in [0.25, 0.3) is 11.8 Å². The number of hydrogen-bond acceptors (Lipinski definition) is 6. The van der Waals surface area contributed by atoms with Crippen LogP contribution in [0.25, 0.3) is 0 Å². The summed E-state index contributed by atoms with van der Waals surface area (Å²) < 4.78 is 23.2. The Labute approximate surface area is 160 Å². The Balaban J connectivity index is 1.55. The molecule has 9 nitrogen and oxygen atoms in total. The number of methoxy groups -OCH3 is 1. The number of carbonyl (C=O) groups excluding carboxylic acids is 4. The minimum absolute atomic E-state index is 0.0375. The van der Waals surface area contributed by atoms with Crippen molar-refractivity contribution in [2.24, 2.45) is 0 Å². The van der Waals surface area contributed by atoms with Crippen LogP contribution in [0, 0.1) is 5.82 Å². The van der Waals surface area contributed by atoms with Crippen LogP contribution in [0.5, 0.6) is 5.75 Å². The average Bonchev–Trinajstić information content (AvgIpc) is 2.90. The molecule has 0 unspecified atom stereocenters. The molecule has 1 heterocycles. The van der Waals surface area contributed by atoms with Crippen LogP contribution >= 0.6 is 0 Å². The SMILES string of the molecule is COc1ccc(C(=O)OCC(=O)NN2C(=O)NC3(CCCCC3)C2=O)cc1F. The monoisotopic (exact) mass is 393 g/mol. The predicted octanol–water partition coefficient (Wildman–Crippen LogP) is 1.28. The summed E-state index contributed by atoms with van der Waals surface area (Å²) in [5, 5.41) is 3.26. The lowest BCUT2D eigenvalue weighted by atomic mass is 9.82. The first-order valence-corrected chi connectivity index (χ1v) is 8.83. The highest BCUT2D eigenvalue weighted by Gasteiger charge is 2.52. The van der Waals surface area contributed by atoms with Crippen molar-refractivity contribution in [3.05, 3.63) is 29.6 Å². The van der Waals surface area contributed by atoms with Crippen LogP contribution in [0.2, 0.25) is 0 Å². The van der Waals surface area contributed by atoms with Gasteiger partial charge in [-0.15, -0.1) is 0 Å². The second-order valence-electron chi connectivity index (χ2n) is 6.67. The van der Waals surface area contributed by atoms with Crippen molar-refractivity contribution >= 4 is 23.8 Å². The molecule has 1 spiro atoms. The van der Waals surface area contributed by atoms with E-state index in [1.807, 2.05) is 0 Å². The van der Waals surface area contributed by atoms with Crippen molar-refractivity contribution in [2.75, 3.05) is 13.7 Å². The first-order chi connectivity index (χ1) is 13.4. The first kappa shape index (κ1) is 19.6. The molecule has 1 aromatic carbocycles. The summed E-state index contributed by atoms with van der Waals surface area (Å²) in [5.74, 6) is -3.10. The lowest BCUT2D eigenvalue weighted by Gasteiger charge is -2.30. The van der Waals surface area contributed by atoms with Gasteiger partial charge in [0.15, 0.2) is 18.2 Å². The van der Waals surface area contributed by atoms with Gasteiger partial charge in [-0.1, -0.05) is 19.3 Å². The smallest absolute Gasteiger partial charge is 0.344 e. The minimum Gasteiger partial charge on any atom is -0.494 e. The molecule has 0 atom stereocenters. The van der Waals surface area contributed by atoms with E-state index in [0.29, 0.717) is 17.9 Å². The molecule has 1 aromatic rings. The van der Waals surface area contributed by atoms with Crippen molar-refractivity contribution in [3.8, 4) is 5.75 Å². The van der Waals surface area contributed by atoms with Crippen LogP contribution in [-0.2, 0) is 14.3 Å². The molecule has 1 aliphatic carbocycles. The minimum atomic E-state index is -0.972. The quantitative estimate of drug-likeness (QED) is 0.575. The van der Waals surface area contributed by atoms with Gasteiger partial charge in [-0.2, -0.15) is 5.01 Å². The zero-order valence-corrected chi connectivity index (χ0v) is 15.2. The number of esters is 1. The largest absolute Gasteiger partial charge is 0.494 e. The number of ether oxygens (including phenoxy) is 2. The van der Waals surface area contributed by atoms with Crippen LogP contribution in [-0.4, -0.2) is 48.1 Å². The number of nitrogens with one attached hydrogen (secondary N) is 2. The number of hydrazine groups is 1. The third-order valence-electron chi connectivity index (χ3n) is 4.83. The number of amides is 4. The number of halogens is 1. The van der Waals surface area contributed by atoms with Crippen LogP contribution in [0.4, 0.5) is 9.18 Å². The molecule has 28 heavy (non-hydrogen) atoms.